The molecule has 0 saturated carbocycles. The van der Waals surface area contributed by atoms with Gasteiger partial charge in [-0.1, -0.05) is 32.4 Å². The van der Waals surface area contributed by atoms with E-state index in [1.54, 1.807) is 0 Å². The van der Waals surface area contributed by atoms with E-state index in [4.69, 9.17) is 0 Å². The Morgan fingerprint density at radius 1 is 1.19 bits per heavy atom. The standard InChI is InChI=1S/C17H24BrN3/c1-4-6-7-13-8-10-14(11-9-13)19-12-16-17(18)15(5-2)20-21(16)3/h8-11,19H,4-7,12H2,1-3H3. The molecule has 1 aromatic heterocycles. The van der Waals surface area contributed by atoms with E-state index in [-0.39, 0.29) is 0 Å². The third-order valence-electron chi connectivity index (χ3n) is 3.74. The van der Waals surface area contributed by atoms with Crippen molar-refractivity contribution in [1.29, 1.82) is 0 Å². The fourth-order valence-electron chi connectivity index (χ4n) is 2.37. The van der Waals surface area contributed by atoms with Crippen molar-refractivity contribution in [1.82, 2.24) is 9.78 Å². The summed E-state index contributed by atoms with van der Waals surface area (Å²) >= 11 is 3.65. The van der Waals surface area contributed by atoms with Crippen LogP contribution in [0.2, 0.25) is 0 Å². The van der Waals surface area contributed by atoms with Crippen LogP contribution in [0.5, 0.6) is 0 Å². The van der Waals surface area contributed by atoms with Gasteiger partial charge in [0, 0.05) is 12.7 Å². The molecule has 0 fully saturated rings. The Labute approximate surface area is 135 Å². The van der Waals surface area contributed by atoms with E-state index in [9.17, 15) is 0 Å². The average Bonchev–Trinajstić information content (AvgIpc) is 2.78. The molecule has 21 heavy (non-hydrogen) atoms. The molecule has 3 nitrogen and oxygen atoms in total. The van der Waals surface area contributed by atoms with Gasteiger partial charge >= 0.3 is 0 Å². The first-order valence-electron chi connectivity index (χ1n) is 7.68. The summed E-state index contributed by atoms with van der Waals surface area (Å²) in [6.07, 6.45) is 4.62. The molecule has 2 rings (SSSR count). The van der Waals surface area contributed by atoms with Crippen LogP contribution in [-0.2, 0) is 26.4 Å². The van der Waals surface area contributed by atoms with E-state index in [1.807, 2.05) is 11.7 Å². The number of aromatic nitrogens is 2. The van der Waals surface area contributed by atoms with E-state index in [2.05, 4.69) is 64.5 Å². The quantitative estimate of drug-likeness (QED) is 0.784. The summed E-state index contributed by atoms with van der Waals surface area (Å²) in [7, 11) is 1.99. The number of hydrogen-bond acceptors (Lipinski definition) is 2. The van der Waals surface area contributed by atoms with E-state index < -0.39 is 0 Å². The number of rotatable bonds is 7. The van der Waals surface area contributed by atoms with Gasteiger partial charge < -0.3 is 5.32 Å². The summed E-state index contributed by atoms with van der Waals surface area (Å²) in [6, 6.07) is 8.76. The number of aryl methyl sites for hydroxylation is 3. The number of hydrogen-bond donors (Lipinski definition) is 1. The predicted molar refractivity (Wildman–Crippen MR) is 92.7 cm³/mol. The summed E-state index contributed by atoms with van der Waals surface area (Å²) in [5.41, 5.74) is 4.87. The van der Waals surface area contributed by atoms with Crippen molar-refractivity contribution in [2.24, 2.45) is 7.05 Å². The van der Waals surface area contributed by atoms with Crippen LogP contribution in [0.4, 0.5) is 5.69 Å². The Morgan fingerprint density at radius 2 is 1.90 bits per heavy atom. The van der Waals surface area contributed by atoms with Crippen LogP contribution in [0, 0.1) is 0 Å². The Kier molecular flexibility index (Phi) is 5.85. The Balaban J connectivity index is 1.98. The lowest BCUT2D eigenvalue weighted by atomic mass is 10.1. The molecule has 0 aliphatic rings. The molecule has 114 valence electrons. The molecule has 1 N–H and O–H groups in total. The van der Waals surface area contributed by atoms with E-state index in [0.29, 0.717) is 0 Å². The predicted octanol–water partition coefficient (Wildman–Crippen LogP) is 4.70. The van der Waals surface area contributed by atoms with Gasteiger partial charge in [-0.25, -0.2) is 0 Å². The van der Waals surface area contributed by atoms with Gasteiger partial charge in [0.15, 0.2) is 0 Å². The minimum absolute atomic E-state index is 0.776. The first kappa shape index (κ1) is 16.1. The third-order valence-corrected chi connectivity index (χ3v) is 4.65. The summed E-state index contributed by atoms with van der Waals surface area (Å²) in [4.78, 5) is 0. The van der Waals surface area contributed by atoms with Crippen molar-refractivity contribution in [3.05, 3.63) is 45.7 Å². The molecule has 0 bridgehead atoms. The molecule has 0 saturated heterocycles. The number of benzene rings is 1. The van der Waals surface area contributed by atoms with Crippen molar-refractivity contribution in [3.8, 4) is 0 Å². The van der Waals surface area contributed by atoms with Gasteiger partial charge in [-0.05, 0) is 52.9 Å². The molecule has 0 aliphatic heterocycles. The highest BCUT2D eigenvalue weighted by molar-refractivity contribution is 9.10. The van der Waals surface area contributed by atoms with Crippen molar-refractivity contribution < 1.29 is 0 Å². The summed E-state index contributed by atoms with van der Waals surface area (Å²) in [5.74, 6) is 0. The number of nitrogens with one attached hydrogen (secondary N) is 1. The first-order valence-corrected chi connectivity index (χ1v) is 8.48. The molecular weight excluding hydrogens is 326 g/mol. The number of nitrogens with zero attached hydrogens (tertiary/aromatic N) is 2. The summed E-state index contributed by atoms with van der Waals surface area (Å²) < 4.78 is 3.07. The molecule has 4 heteroatoms. The lowest BCUT2D eigenvalue weighted by molar-refractivity contribution is 0.706. The molecule has 2 aromatic rings. The van der Waals surface area contributed by atoms with Crippen molar-refractivity contribution in [3.63, 3.8) is 0 Å². The lowest BCUT2D eigenvalue weighted by Crippen LogP contribution is -2.06. The normalized spacial score (nSPS) is 10.9. The number of halogens is 1. The van der Waals surface area contributed by atoms with Gasteiger partial charge in [0.25, 0.3) is 0 Å². The second-order valence-electron chi connectivity index (χ2n) is 5.34. The Morgan fingerprint density at radius 3 is 2.48 bits per heavy atom. The molecule has 1 aromatic carbocycles. The number of anilines is 1. The second-order valence-corrected chi connectivity index (χ2v) is 6.13. The van der Waals surface area contributed by atoms with Gasteiger partial charge in [-0.3, -0.25) is 4.68 Å². The van der Waals surface area contributed by atoms with Crippen LogP contribution < -0.4 is 5.32 Å². The second kappa shape index (κ2) is 7.64. The van der Waals surface area contributed by atoms with E-state index in [0.717, 1.165) is 28.8 Å². The van der Waals surface area contributed by atoms with E-state index >= 15 is 0 Å². The molecule has 0 atom stereocenters. The van der Waals surface area contributed by atoms with Crippen LogP contribution in [-0.4, -0.2) is 9.78 Å². The molecule has 1 heterocycles. The Bertz CT molecular complexity index is 572. The monoisotopic (exact) mass is 349 g/mol. The molecular formula is C17H24BrN3. The van der Waals surface area contributed by atoms with Gasteiger partial charge in [0.1, 0.15) is 0 Å². The fourth-order valence-corrected chi connectivity index (χ4v) is 3.12. The highest BCUT2D eigenvalue weighted by atomic mass is 79.9. The highest BCUT2D eigenvalue weighted by Crippen LogP contribution is 2.22. The maximum absolute atomic E-state index is 4.52. The van der Waals surface area contributed by atoms with Crippen molar-refractivity contribution in [2.75, 3.05) is 5.32 Å². The lowest BCUT2D eigenvalue weighted by Gasteiger charge is -2.08. The first-order chi connectivity index (χ1) is 10.2. The van der Waals surface area contributed by atoms with Crippen LogP contribution in [0.25, 0.3) is 0 Å². The Hall–Kier alpha value is -1.29. The zero-order valence-electron chi connectivity index (χ0n) is 13.1. The minimum Gasteiger partial charge on any atom is -0.379 e. The van der Waals surface area contributed by atoms with Crippen LogP contribution in [0.1, 0.15) is 43.6 Å². The molecule has 0 radical (unpaired) electrons. The third kappa shape index (κ3) is 4.10. The van der Waals surface area contributed by atoms with Crippen molar-refractivity contribution in [2.45, 2.75) is 46.1 Å². The van der Waals surface area contributed by atoms with Crippen molar-refractivity contribution >= 4 is 21.6 Å². The maximum atomic E-state index is 4.52. The van der Waals surface area contributed by atoms with Crippen LogP contribution in [0.3, 0.4) is 0 Å². The molecule has 0 spiro atoms. The summed E-state index contributed by atoms with van der Waals surface area (Å²) in [6.45, 7) is 5.13. The fraction of sp³-hybridized carbons (Fsp3) is 0.471. The molecule has 0 amide bonds. The smallest absolute Gasteiger partial charge is 0.0767 e. The maximum Gasteiger partial charge on any atom is 0.0767 e. The summed E-state index contributed by atoms with van der Waals surface area (Å²) in [5, 5.41) is 7.99. The minimum atomic E-state index is 0.776. The van der Waals surface area contributed by atoms with Gasteiger partial charge in [0.2, 0.25) is 0 Å². The van der Waals surface area contributed by atoms with Crippen LogP contribution >= 0.6 is 15.9 Å². The zero-order chi connectivity index (χ0) is 15.2. The topological polar surface area (TPSA) is 29.9 Å². The SMILES string of the molecule is CCCCc1ccc(NCc2c(Br)c(CC)nn2C)cc1. The zero-order valence-corrected chi connectivity index (χ0v) is 14.7. The van der Waals surface area contributed by atoms with Gasteiger partial charge in [-0.2, -0.15) is 5.10 Å². The van der Waals surface area contributed by atoms with Gasteiger partial charge in [0.05, 0.1) is 22.4 Å². The van der Waals surface area contributed by atoms with E-state index in [1.165, 1.54) is 30.5 Å². The molecule has 0 unspecified atom stereocenters. The van der Waals surface area contributed by atoms with Crippen LogP contribution in [0.15, 0.2) is 28.7 Å². The van der Waals surface area contributed by atoms with Gasteiger partial charge in [-0.15, -0.1) is 0 Å². The average molecular weight is 350 g/mol. The number of unbranched alkanes of at least 4 members (excludes halogenated alkanes) is 1. The largest absolute Gasteiger partial charge is 0.379 e. The molecule has 0 aliphatic carbocycles. The highest BCUT2D eigenvalue weighted by Gasteiger charge is 2.11.